The molecule has 1 N–H and O–H groups in total. The summed E-state index contributed by atoms with van der Waals surface area (Å²) < 4.78 is 29.0. The highest BCUT2D eigenvalue weighted by molar-refractivity contribution is 7.98. The number of amides is 1. The molecule has 0 aliphatic carbocycles. The highest BCUT2D eigenvalue weighted by atomic mass is 32.2. The number of rotatable bonds is 6. The average molecular weight is 367 g/mol. The minimum Gasteiger partial charge on any atom is -0.435 e. The Morgan fingerprint density at radius 3 is 2.60 bits per heavy atom. The minimum atomic E-state index is -2.92. The van der Waals surface area contributed by atoms with Gasteiger partial charge in [-0.25, -0.2) is 9.97 Å². The van der Waals surface area contributed by atoms with Crippen LogP contribution in [0.25, 0.3) is 0 Å². The van der Waals surface area contributed by atoms with E-state index in [0.29, 0.717) is 27.8 Å². The molecule has 2 aromatic rings. The van der Waals surface area contributed by atoms with Crippen LogP contribution in [0.15, 0.2) is 29.3 Å². The lowest BCUT2D eigenvalue weighted by Crippen LogP contribution is -2.18. The standard InChI is InChI=1S/C17H19F2N3O2S/c1-9(2)14-20-10(3)13(16(22-14)25-4)15(23)21-11-6-5-7-12(8-11)24-17(18)19/h5-9,17H,1-4H3,(H,21,23). The molecule has 1 aromatic heterocycles. The number of alkyl halides is 2. The number of carbonyl (C=O) groups excluding carboxylic acids is 1. The van der Waals surface area contributed by atoms with Crippen molar-refractivity contribution in [3.05, 3.63) is 41.3 Å². The first-order valence-electron chi connectivity index (χ1n) is 7.60. The van der Waals surface area contributed by atoms with E-state index in [1.807, 2.05) is 20.1 Å². The molecule has 0 aliphatic rings. The molecule has 1 heterocycles. The Labute approximate surface area is 149 Å². The fourth-order valence-corrected chi connectivity index (χ4v) is 2.81. The lowest BCUT2D eigenvalue weighted by molar-refractivity contribution is -0.0497. The van der Waals surface area contributed by atoms with E-state index in [1.165, 1.54) is 30.0 Å². The molecule has 0 bridgehead atoms. The van der Waals surface area contributed by atoms with Crippen molar-refractivity contribution in [1.29, 1.82) is 0 Å². The first-order valence-corrected chi connectivity index (χ1v) is 8.83. The molecule has 1 amide bonds. The van der Waals surface area contributed by atoms with Gasteiger partial charge in [-0.05, 0) is 25.3 Å². The Hall–Kier alpha value is -2.22. The number of halogens is 2. The number of ether oxygens (including phenoxy) is 1. The van der Waals surface area contributed by atoms with Crippen LogP contribution in [0.4, 0.5) is 14.5 Å². The van der Waals surface area contributed by atoms with Crippen molar-refractivity contribution in [2.45, 2.75) is 38.3 Å². The minimum absolute atomic E-state index is 0.0268. The molecule has 0 radical (unpaired) electrons. The van der Waals surface area contributed by atoms with Crippen LogP contribution in [-0.4, -0.2) is 28.7 Å². The van der Waals surface area contributed by atoms with Gasteiger partial charge in [0, 0.05) is 17.7 Å². The van der Waals surface area contributed by atoms with Gasteiger partial charge in [0.05, 0.1) is 11.3 Å². The second kappa shape index (κ2) is 8.24. The molecule has 8 heteroatoms. The topological polar surface area (TPSA) is 64.1 Å². The molecular formula is C17H19F2N3O2S. The van der Waals surface area contributed by atoms with E-state index < -0.39 is 12.5 Å². The molecule has 1 aromatic carbocycles. The number of carbonyl (C=O) groups is 1. The van der Waals surface area contributed by atoms with Crippen LogP contribution in [0.3, 0.4) is 0 Å². The predicted molar refractivity (Wildman–Crippen MR) is 93.7 cm³/mol. The van der Waals surface area contributed by atoms with Crippen LogP contribution < -0.4 is 10.1 Å². The van der Waals surface area contributed by atoms with E-state index in [9.17, 15) is 13.6 Å². The molecule has 0 fully saturated rings. The quantitative estimate of drug-likeness (QED) is 0.602. The summed E-state index contributed by atoms with van der Waals surface area (Å²) in [5.41, 5.74) is 1.29. The number of benzene rings is 1. The van der Waals surface area contributed by atoms with Crippen LogP contribution in [0.2, 0.25) is 0 Å². The van der Waals surface area contributed by atoms with Crippen LogP contribution in [0, 0.1) is 6.92 Å². The van der Waals surface area contributed by atoms with E-state index >= 15 is 0 Å². The summed E-state index contributed by atoms with van der Waals surface area (Å²) in [5.74, 6) is 0.392. The molecule has 0 unspecified atom stereocenters. The Balaban J connectivity index is 2.29. The van der Waals surface area contributed by atoms with Crippen molar-refractivity contribution < 1.29 is 18.3 Å². The fourth-order valence-electron chi connectivity index (χ4n) is 2.18. The van der Waals surface area contributed by atoms with Crippen LogP contribution in [-0.2, 0) is 0 Å². The van der Waals surface area contributed by atoms with Gasteiger partial charge < -0.3 is 10.1 Å². The van der Waals surface area contributed by atoms with Crippen LogP contribution in [0.5, 0.6) is 5.75 Å². The van der Waals surface area contributed by atoms with Crippen molar-refractivity contribution >= 4 is 23.4 Å². The zero-order valence-corrected chi connectivity index (χ0v) is 15.2. The van der Waals surface area contributed by atoms with Gasteiger partial charge in [0.2, 0.25) is 0 Å². The third-order valence-corrected chi connectivity index (χ3v) is 4.01. The summed E-state index contributed by atoms with van der Waals surface area (Å²) in [5, 5.41) is 3.26. The summed E-state index contributed by atoms with van der Waals surface area (Å²) in [6.07, 6.45) is 1.83. The van der Waals surface area contributed by atoms with Gasteiger partial charge in [0.25, 0.3) is 5.91 Å². The third-order valence-electron chi connectivity index (χ3n) is 3.33. The van der Waals surface area contributed by atoms with E-state index in [-0.39, 0.29) is 11.7 Å². The van der Waals surface area contributed by atoms with E-state index in [1.54, 1.807) is 13.0 Å². The van der Waals surface area contributed by atoms with Gasteiger partial charge in [0.1, 0.15) is 16.6 Å². The molecule has 0 aliphatic heterocycles. The summed E-state index contributed by atoms with van der Waals surface area (Å²) in [6, 6.07) is 5.84. The average Bonchev–Trinajstić information content (AvgIpc) is 2.53. The molecule has 5 nitrogen and oxygen atoms in total. The Bertz CT molecular complexity index is 770. The second-order valence-electron chi connectivity index (χ2n) is 5.57. The number of aryl methyl sites for hydroxylation is 1. The molecule has 25 heavy (non-hydrogen) atoms. The van der Waals surface area contributed by atoms with Crippen molar-refractivity contribution in [2.24, 2.45) is 0 Å². The van der Waals surface area contributed by atoms with Gasteiger partial charge in [-0.15, -0.1) is 11.8 Å². The first kappa shape index (κ1) is 19.1. The fraction of sp³-hybridized carbons (Fsp3) is 0.353. The molecule has 0 spiro atoms. The van der Waals surface area contributed by atoms with Crippen LogP contribution >= 0.6 is 11.8 Å². The number of nitrogens with zero attached hydrogens (tertiary/aromatic N) is 2. The molecular weight excluding hydrogens is 348 g/mol. The molecule has 0 saturated heterocycles. The Kier molecular flexibility index (Phi) is 6.30. The Morgan fingerprint density at radius 2 is 2.00 bits per heavy atom. The number of anilines is 1. The van der Waals surface area contributed by atoms with Crippen molar-refractivity contribution in [3.63, 3.8) is 0 Å². The normalized spacial score (nSPS) is 11.0. The lowest BCUT2D eigenvalue weighted by atomic mass is 10.1. The molecule has 0 atom stereocenters. The number of hydrogen-bond acceptors (Lipinski definition) is 5. The third kappa shape index (κ3) is 4.88. The summed E-state index contributed by atoms with van der Waals surface area (Å²) in [6.45, 7) is 2.78. The van der Waals surface area contributed by atoms with E-state index in [4.69, 9.17) is 0 Å². The number of nitrogens with one attached hydrogen (secondary N) is 1. The van der Waals surface area contributed by atoms with Gasteiger partial charge in [-0.2, -0.15) is 8.78 Å². The highest BCUT2D eigenvalue weighted by Crippen LogP contribution is 2.25. The van der Waals surface area contributed by atoms with Gasteiger partial charge >= 0.3 is 6.61 Å². The van der Waals surface area contributed by atoms with E-state index in [2.05, 4.69) is 20.0 Å². The summed E-state index contributed by atoms with van der Waals surface area (Å²) in [4.78, 5) is 21.5. The molecule has 0 saturated carbocycles. The SMILES string of the molecule is CSc1nc(C(C)C)nc(C)c1C(=O)Nc1cccc(OC(F)F)c1. The smallest absolute Gasteiger partial charge is 0.387 e. The van der Waals surface area contributed by atoms with Gasteiger partial charge in [0.15, 0.2) is 0 Å². The monoisotopic (exact) mass is 367 g/mol. The Morgan fingerprint density at radius 1 is 1.28 bits per heavy atom. The summed E-state index contributed by atoms with van der Waals surface area (Å²) >= 11 is 1.36. The molecule has 2 rings (SSSR count). The second-order valence-corrected chi connectivity index (χ2v) is 6.36. The zero-order valence-electron chi connectivity index (χ0n) is 14.3. The first-order chi connectivity index (χ1) is 11.8. The maximum Gasteiger partial charge on any atom is 0.387 e. The van der Waals surface area contributed by atoms with Gasteiger partial charge in [-0.3, -0.25) is 4.79 Å². The van der Waals surface area contributed by atoms with E-state index in [0.717, 1.165) is 0 Å². The van der Waals surface area contributed by atoms with Gasteiger partial charge in [-0.1, -0.05) is 19.9 Å². The van der Waals surface area contributed by atoms with Crippen molar-refractivity contribution in [1.82, 2.24) is 9.97 Å². The van der Waals surface area contributed by atoms with Crippen molar-refractivity contribution in [3.8, 4) is 5.75 Å². The maximum atomic E-state index is 12.6. The number of thioether (sulfide) groups is 1. The number of hydrogen-bond donors (Lipinski definition) is 1. The largest absolute Gasteiger partial charge is 0.435 e. The number of aromatic nitrogens is 2. The highest BCUT2D eigenvalue weighted by Gasteiger charge is 2.19. The maximum absolute atomic E-state index is 12.6. The zero-order chi connectivity index (χ0) is 18.6. The summed E-state index contributed by atoms with van der Waals surface area (Å²) in [7, 11) is 0. The van der Waals surface area contributed by atoms with Crippen LogP contribution in [0.1, 0.15) is 41.6 Å². The predicted octanol–water partition coefficient (Wildman–Crippen LogP) is 4.48. The van der Waals surface area contributed by atoms with Crippen molar-refractivity contribution in [2.75, 3.05) is 11.6 Å². The lowest BCUT2D eigenvalue weighted by Gasteiger charge is -2.14. The molecule has 134 valence electrons.